The van der Waals surface area contributed by atoms with Crippen molar-refractivity contribution in [3.05, 3.63) is 76.5 Å². The number of carbonyl (C=O) groups excluding carboxylic acids is 1. The number of carbonyl (C=O) groups is 2. The lowest BCUT2D eigenvalue weighted by Crippen LogP contribution is -2.38. The first-order chi connectivity index (χ1) is 18.6. The standard InChI is InChI=1S/C29H33NO4S/c31-28(32)16-2-1-9-18-34-27-15-8-3-10-22(27)20-30(24-11-4-5-12-24)29(33)26-14-7-6-13-25(26)23-17-19-35-21-23/h3,6-8,10,13-15,17,19,21,24H,1-2,4-5,9,11-12,16,18,20H2,(H,31,32)/i4D,11D2,24D. The number of amides is 1. The summed E-state index contributed by atoms with van der Waals surface area (Å²) in [6.45, 7) is 0.314. The van der Waals surface area contributed by atoms with Gasteiger partial charge < -0.3 is 14.7 Å². The molecular weight excluding hydrogens is 458 g/mol. The molecule has 1 aliphatic rings. The highest BCUT2D eigenvalue weighted by Crippen LogP contribution is 2.32. The fourth-order valence-corrected chi connectivity index (χ4v) is 4.80. The van der Waals surface area contributed by atoms with E-state index in [0.717, 1.165) is 5.56 Å². The van der Waals surface area contributed by atoms with Gasteiger partial charge in [0.15, 0.2) is 0 Å². The van der Waals surface area contributed by atoms with Crippen LogP contribution in [0, 0.1) is 0 Å². The number of hydrogen-bond donors (Lipinski definition) is 1. The van der Waals surface area contributed by atoms with Crippen LogP contribution in [0.2, 0.25) is 0 Å². The summed E-state index contributed by atoms with van der Waals surface area (Å²) in [4.78, 5) is 26.3. The lowest BCUT2D eigenvalue weighted by molar-refractivity contribution is -0.137. The third-order valence-corrected chi connectivity index (χ3v) is 6.63. The summed E-state index contributed by atoms with van der Waals surface area (Å²) in [6.07, 6.45) is -1.06. The molecule has 0 saturated heterocycles. The van der Waals surface area contributed by atoms with E-state index in [0.29, 0.717) is 48.3 Å². The minimum atomic E-state index is -2.24. The Kier molecular flexibility index (Phi) is 7.21. The van der Waals surface area contributed by atoms with Gasteiger partial charge in [0.25, 0.3) is 5.91 Å². The van der Waals surface area contributed by atoms with Crippen LogP contribution in [-0.2, 0) is 11.3 Å². The zero-order valence-electron chi connectivity index (χ0n) is 23.6. The number of aliphatic carboxylic acids is 1. The van der Waals surface area contributed by atoms with Crippen LogP contribution in [0.5, 0.6) is 5.75 Å². The fourth-order valence-electron chi connectivity index (χ4n) is 4.14. The van der Waals surface area contributed by atoms with Crippen LogP contribution in [0.15, 0.2) is 65.4 Å². The van der Waals surface area contributed by atoms with Gasteiger partial charge in [-0.25, -0.2) is 0 Å². The van der Waals surface area contributed by atoms with Crippen LogP contribution in [0.3, 0.4) is 0 Å². The number of para-hydroxylation sites is 1. The number of unbranched alkanes of at least 4 members (excludes halogenated alkanes) is 2. The summed E-state index contributed by atoms with van der Waals surface area (Å²) < 4.78 is 40.9. The topological polar surface area (TPSA) is 66.8 Å². The van der Waals surface area contributed by atoms with Crippen LogP contribution in [-0.4, -0.2) is 34.5 Å². The highest BCUT2D eigenvalue weighted by Gasteiger charge is 2.29. The van der Waals surface area contributed by atoms with Crippen molar-refractivity contribution in [3.63, 3.8) is 0 Å². The van der Waals surface area contributed by atoms with Gasteiger partial charge in [0.05, 0.1) is 7.98 Å². The molecule has 1 fully saturated rings. The molecule has 0 spiro atoms. The molecule has 1 aromatic heterocycles. The number of carboxylic acids is 1. The SMILES string of the molecule is [2H]C1CCC([2H])(N(Cc2ccccc2OCCCCCC(=O)O)C(=O)c2ccccc2-c2ccsc2)C1([2H])[2H]. The highest BCUT2D eigenvalue weighted by atomic mass is 32.1. The zero-order chi connectivity index (χ0) is 28.0. The van der Waals surface area contributed by atoms with E-state index in [2.05, 4.69) is 0 Å². The maximum absolute atomic E-state index is 14.2. The molecule has 1 amide bonds. The molecule has 2 aromatic carbocycles. The Labute approximate surface area is 217 Å². The second kappa shape index (κ2) is 12.5. The van der Waals surface area contributed by atoms with E-state index in [-0.39, 0.29) is 25.8 Å². The second-order valence-corrected chi connectivity index (χ2v) is 9.22. The Balaban J connectivity index is 1.64. The molecule has 0 aliphatic heterocycles. The number of nitrogens with zero attached hydrogens (tertiary/aromatic N) is 1. The molecular formula is C29H33NO4S. The van der Waals surface area contributed by atoms with Crippen molar-refractivity contribution in [1.82, 2.24) is 4.90 Å². The maximum atomic E-state index is 14.2. The molecule has 0 radical (unpaired) electrons. The van der Waals surface area contributed by atoms with Crippen molar-refractivity contribution in [1.29, 1.82) is 0 Å². The molecule has 6 heteroatoms. The van der Waals surface area contributed by atoms with Crippen LogP contribution >= 0.6 is 11.3 Å². The molecule has 35 heavy (non-hydrogen) atoms. The predicted octanol–water partition coefficient (Wildman–Crippen LogP) is 7.02. The van der Waals surface area contributed by atoms with Gasteiger partial charge in [-0.3, -0.25) is 9.59 Å². The summed E-state index contributed by atoms with van der Waals surface area (Å²) in [5, 5.41) is 12.7. The average Bonchev–Trinajstić information content (AvgIpc) is 3.53. The van der Waals surface area contributed by atoms with Crippen molar-refractivity contribution in [2.24, 2.45) is 0 Å². The normalized spacial score (nSPS) is 22.5. The van der Waals surface area contributed by atoms with Gasteiger partial charge >= 0.3 is 5.97 Å². The lowest BCUT2D eigenvalue weighted by atomic mass is 10.00. The van der Waals surface area contributed by atoms with Crippen molar-refractivity contribution in [2.75, 3.05) is 6.61 Å². The van der Waals surface area contributed by atoms with Crippen LogP contribution in [0.4, 0.5) is 0 Å². The van der Waals surface area contributed by atoms with Gasteiger partial charge in [0, 0.05) is 34.2 Å². The number of rotatable bonds is 12. The summed E-state index contributed by atoms with van der Waals surface area (Å²) in [7, 11) is 0. The molecule has 184 valence electrons. The first-order valence-electron chi connectivity index (χ1n) is 14.0. The predicted molar refractivity (Wildman–Crippen MR) is 140 cm³/mol. The highest BCUT2D eigenvalue weighted by molar-refractivity contribution is 7.08. The number of carboxylic acid groups (broad SMARTS) is 1. The van der Waals surface area contributed by atoms with Gasteiger partial charge in [0.1, 0.15) is 5.75 Å². The van der Waals surface area contributed by atoms with E-state index >= 15 is 0 Å². The van der Waals surface area contributed by atoms with Crippen molar-refractivity contribution >= 4 is 23.2 Å². The molecule has 0 bridgehead atoms. The van der Waals surface area contributed by atoms with E-state index < -0.39 is 30.7 Å². The Morgan fingerprint density at radius 1 is 1.11 bits per heavy atom. The monoisotopic (exact) mass is 495 g/mol. The Morgan fingerprint density at radius 3 is 2.71 bits per heavy atom. The van der Waals surface area contributed by atoms with E-state index in [4.69, 9.17) is 14.0 Å². The number of hydrogen-bond acceptors (Lipinski definition) is 4. The third kappa shape index (κ3) is 6.73. The molecule has 2 atom stereocenters. The Bertz CT molecular complexity index is 1290. The molecule has 4 rings (SSSR count). The quantitative estimate of drug-likeness (QED) is 0.274. The van der Waals surface area contributed by atoms with E-state index in [1.807, 2.05) is 41.1 Å². The number of ether oxygens (including phenoxy) is 1. The molecule has 3 aromatic rings. The van der Waals surface area contributed by atoms with Crippen molar-refractivity contribution in [3.8, 4) is 16.9 Å². The molecule has 1 saturated carbocycles. The minimum absolute atomic E-state index is 0.0487. The first kappa shape index (κ1) is 20.1. The van der Waals surface area contributed by atoms with E-state index in [1.54, 1.807) is 24.3 Å². The van der Waals surface area contributed by atoms with Crippen LogP contribution in [0.25, 0.3) is 11.1 Å². The van der Waals surface area contributed by atoms with Crippen LogP contribution < -0.4 is 4.74 Å². The molecule has 1 heterocycles. The first-order valence-corrected chi connectivity index (χ1v) is 12.9. The lowest BCUT2D eigenvalue weighted by Gasteiger charge is -2.30. The Morgan fingerprint density at radius 2 is 1.94 bits per heavy atom. The minimum Gasteiger partial charge on any atom is -0.493 e. The van der Waals surface area contributed by atoms with Gasteiger partial charge in [0.2, 0.25) is 0 Å². The summed E-state index contributed by atoms with van der Waals surface area (Å²) >= 11 is 1.51. The van der Waals surface area contributed by atoms with E-state index in [9.17, 15) is 11.0 Å². The Hall–Kier alpha value is -3.12. The van der Waals surface area contributed by atoms with Crippen molar-refractivity contribution < 1.29 is 24.9 Å². The number of benzene rings is 2. The molecule has 1 aliphatic carbocycles. The van der Waals surface area contributed by atoms with Gasteiger partial charge in [-0.05, 0) is 72.1 Å². The van der Waals surface area contributed by atoms with Gasteiger partial charge in [-0.2, -0.15) is 11.3 Å². The van der Waals surface area contributed by atoms with Gasteiger partial charge in [-0.1, -0.05) is 49.2 Å². The van der Waals surface area contributed by atoms with Crippen LogP contribution in [0.1, 0.15) is 72.7 Å². The molecule has 2 unspecified atom stereocenters. The molecule has 5 nitrogen and oxygen atoms in total. The van der Waals surface area contributed by atoms with Gasteiger partial charge in [-0.15, -0.1) is 0 Å². The van der Waals surface area contributed by atoms with E-state index in [1.165, 1.54) is 16.2 Å². The van der Waals surface area contributed by atoms with Crippen molar-refractivity contribution in [2.45, 2.75) is 63.9 Å². The summed E-state index contributed by atoms with van der Waals surface area (Å²) in [5.74, 6) is -0.755. The fraction of sp³-hybridized carbons (Fsp3) is 0.379. The maximum Gasteiger partial charge on any atom is 0.303 e. The largest absolute Gasteiger partial charge is 0.493 e. The molecule has 1 N–H and O–H groups in total. The summed E-state index contributed by atoms with van der Waals surface area (Å²) in [5.41, 5.74) is 2.61. The third-order valence-electron chi connectivity index (χ3n) is 5.95. The zero-order valence-corrected chi connectivity index (χ0v) is 20.4. The number of thiophene rings is 1. The smallest absolute Gasteiger partial charge is 0.303 e. The average molecular weight is 496 g/mol. The second-order valence-electron chi connectivity index (χ2n) is 8.44. The summed E-state index contributed by atoms with van der Waals surface area (Å²) in [6, 6.07) is 14.3.